The van der Waals surface area contributed by atoms with Gasteiger partial charge in [-0.2, -0.15) is 0 Å². The Labute approximate surface area is 307 Å². The largest absolute Gasteiger partial charge is 0.271 e. The minimum Gasteiger partial charge on any atom is -0.271 e. The summed E-state index contributed by atoms with van der Waals surface area (Å²) < 4.78 is 0. The molecule has 0 amide bonds. The molecule has 4 aromatic carbocycles. The van der Waals surface area contributed by atoms with Gasteiger partial charge in [0.15, 0.2) is 0 Å². The highest BCUT2D eigenvalue weighted by atomic mass is 32.2. The van der Waals surface area contributed by atoms with E-state index in [0.717, 1.165) is 55.0 Å². The molecule has 6 aromatic rings. The molecule has 0 unspecified atom stereocenters. The van der Waals surface area contributed by atoms with Gasteiger partial charge in [-0.15, -0.1) is 23.5 Å². The van der Waals surface area contributed by atoms with Crippen LogP contribution in [0, 0.1) is 0 Å². The van der Waals surface area contributed by atoms with E-state index in [1.165, 1.54) is 44.5 Å². The molecular formula is C45H36N4S2. The third kappa shape index (κ3) is 4.76. The number of nitrogens with zero attached hydrogens (tertiary/aromatic N) is 4. The van der Waals surface area contributed by atoms with Gasteiger partial charge in [0.25, 0.3) is 0 Å². The van der Waals surface area contributed by atoms with Gasteiger partial charge in [-0.05, 0) is 108 Å². The van der Waals surface area contributed by atoms with Crippen molar-refractivity contribution in [1.29, 1.82) is 0 Å². The Hall–Kier alpha value is -4.78. The molecule has 4 aliphatic rings. The topological polar surface area (TPSA) is 50.5 Å². The molecule has 2 aromatic heterocycles. The van der Waals surface area contributed by atoms with Crippen molar-refractivity contribution in [3.63, 3.8) is 0 Å². The molecule has 0 atom stereocenters. The van der Waals surface area contributed by atoms with Gasteiger partial charge < -0.3 is 0 Å². The molecule has 6 heteroatoms. The quantitative estimate of drug-likeness (QED) is 0.184. The summed E-state index contributed by atoms with van der Waals surface area (Å²) in [5, 5.41) is 2.15. The lowest BCUT2D eigenvalue weighted by Crippen LogP contribution is -2.26. The number of benzene rings is 4. The zero-order valence-electron chi connectivity index (χ0n) is 29.1. The molecule has 0 radical (unpaired) electrons. The van der Waals surface area contributed by atoms with Gasteiger partial charge in [0.2, 0.25) is 0 Å². The van der Waals surface area contributed by atoms with Crippen molar-refractivity contribution < 1.29 is 0 Å². The molecule has 248 valence electrons. The molecule has 0 saturated carbocycles. The molecular weight excluding hydrogens is 661 g/mol. The summed E-state index contributed by atoms with van der Waals surface area (Å²) in [6.07, 6.45) is 7.90. The highest BCUT2D eigenvalue weighted by Gasteiger charge is 2.51. The Kier molecular flexibility index (Phi) is 6.75. The van der Waals surface area contributed by atoms with Crippen molar-refractivity contribution in [3.05, 3.63) is 155 Å². The van der Waals surface area contributed by atoms with E-state index in [-0.39, 0.29) is 11.1 Å². The minimum atomic E-state index is -0.467. The first kappa shape index (κ1) is 31.0. The number of aliphatic imine (C=N–C) groups is 2. The van der Waals surface area contributed by atoms with Gasteiger partial charge >= 0.3 is 0 Å². The molecule has 2 aliphatic heterocycles. The fraction of sp³-hybridized carbons (Fsp3) is 0.200. The number of thioether (sulfide) groups is 2. The average Bonchev–Trinajstić information content (AvgIpc) is 3.88. The van der Waals surface area contributed by atoms with Crippen LogP contribution in [0.4, 0.5) is 0 Å². The first-order valence-electron chi connectivity index (χ1n) is 17.6. The molecule has 4 nitrogen and oxygen atoms in total. The molecule has 0 fully saturated rings. The Morgan fingerprint density at radius 3 is 1.27 bits per heavy atom. The van der Waals surface area contributed by atoms with Crippen LogP contribution in [0.1, 0.15) is 61.1 Å². The number of hydrogen-bond donors (Lipinski definition) is 0. The summed E-state index contributed by atoms with van der Waals surface area (Å²) in [6.45, 7) is 8.79. The van der Waals surface area contributed by atoms with Crippen LogP contribution in [0.5, 0.6) is 0 Å². The van der Waals surface area contributed by atoms with Crippen LogP contribution >= 0.6 is 23.5 Å². The fourth-order valence-electron chi connectivity index (χ4n) is 8.39. The standard InChI is InChI=1S/C45H36N4S2/c1-43(2)25-50-41(48-43)31-17-29(21-46-23-31)27-13-15-35-36-16-14-28(30-18-32(24-47-22-30)42-49-44(3,4)26-51-42)20-40(36)45(39(35)19-27)37-11-7-5-9-33(37)34-10-6-8-12-38(34)45/h5-24H,25-26H2,1-4H3. The first-order chi connectivity index (χ1) is 24.7. The highest BCUT2D eigenvalue weighted by molar-refractivity contribution is 8.15. The maximum atomic E-state index is 5.01. The van der Waals surface area contributed by atoms with Gasteiger partial charge in [0, 0.05) is 58.5 Å². The molecule has 0 bridgehead atoms. The van der Waals surface area contributed by atoms with E-state index < -0.39 is 5.41 Å². The second-order valence-electron chi connectivity index (χ2n) is 15.3. The van der Waals surface area contributed by atoms with Crippen molar-refractivity contribution in [2.45, 2.75) is 44.2 Å². The van der Waals surface area contributed by atoms with Gasteiger partial charge in [-0.3, -0.25) is 20.0 Å². The Morgan fingerprint density at radius 2 is 0.843 bits per heavy atom. The number of hydrogen-bond acceptors (Lipinski definition) is 6. The second-order valence-corrected chi connectivity index (χ2v) is 17.3. The minimum absolute atomic E-state index is 0.0538. The van der Waals surface area contributed by atoms with Crippen LogP contribution in [0.25, 0.3) is 44.5 Å². The van der Waals surface area contributed by atoms with Crippen molar-refractivity contribution in [1.82, 2.24) is 9.97 Å². The van der Waals surface area contributed by atoms with E-state index in [9.17, 15) is 0 Å². The maximum Gasteiger partial charge on any atom is 0.1000 e. The maximum absolute atomic E-state index is 5.01. The van der Waals surface area contributed by atoms with Crippen molar-refractivity contribution in [2.75, 3.05) is 11.5 Å². The summed E-state index contributed by atoms with van der Waals surface area (Å²) in [7, 11) is 0. The molecule has 10 rings (SSSR count). The molecule has 0 saturated heterocycles. The monoisotopic (exact) mass is 696 g/mol. The third-order valence-corrected chi connectivity index (χ3v) is 13.6. The van der Waals surface area contributed by atoms with Crippen molar-refractivity contribution in [3.8, 4) is 44.5 Å². The Bertz CT molecular complexity index is 2330. The Balaban J connectivity index is 1.17. The highest BCUT2D eigenvalue weighted by Crippen LogP contribution is 2.63. The molecule has 0 N–H and O–H groups in total. The van der Waals surface area contributed by atoms with E-state index in [1.54, 1.807) is 0 Å². The predicted molar refractivity (Wildman–Crippen MR) is 215 cm³/mol. The third-order valence-electron chi connectivity index (χ3n) is 10.7. The lowest BCUT2D eigenvalue weighted by Gasteiger charge is -2.31. The smallest absolute Gasteiger partial charge is 0.1000 e. The lowest BCUT2D eigenvalue weighted by molar-refractivity contribution is 0.605. The average molecular weight is 697 g/mol. The van der Waals surface area contributed by atoms with E-state index >= 15 is 0 Å². The lowest BCUT2D eigenvalue weighted by atomic mass is 9.70. The first-order valence-corrected chi connectivity index (χ1v) is 19.5. The summed E-state index contributed by atoms with van der Waals surface area (Å²) in [5.74, 6) is 1.97. The van der Waals surface area contributed by atoms with Crippen LogP contribution in [-0.4, -0.2) is 42.6 Å². The zero-order valence-corrected chi connectivity index (χ0v) is 30.7. The predicted octanol–water partition coefficient (Wildman–Crippen LogP) is 10.7. The van der Waals surface area contributed by atoms with Crippen LogP contribution in [0.2, 0.25) is 0 Å². The normalized spacial score (nSPS) is 18.2. The van der Waals surface area contributed by atoms with Crippen LogP contribution < -0.4 is 0 Å². The summed E-state index contributed by atoms with van der Waals surface area (Å²) in [6, 6.07) is 36.6. The fourth-order valence-corrected chi connectivity index (χ4v) is 10.7. The number of rotatable bonds is 4. The molecule has 1 spiro atoms. The van der Waals surface area contributed by atoms with Crippen LogP contribution in [0.3, 0.4) is 0 Å². The summed E-state index contributed by atoms with van der Waals surface area (Å²) in [5.41, 5.74) is 16.6. The van der Waals surface area contributed by atoms with Crippen LogP contribution in [-0.2, 0) is 5.41 Å². The molecule has 2 aliphatic carbocycles. The SMILES string of the molecule is CC1(C)CSC(c2cncc(-c3ccc4c(c3)C3(c5ccccc5-c5ccccc53)c3cc(-c5cncc(C6=NC(C)(C)CS6)c5)ccc3-4)c2)=N1. The summed E-state index contributed by atoms with van der Waals surface area (Å²) in [4.78, 5) is 19.5. The van der Waals surface area contributed by atoms with E-state index in [4.69, 9.17) is 20.0 Å². The van der Waals surface area contributed by atoms with Gasteiger partial charge in [0.1, 0.15) is 0 Å². The number of aromatic nitrogens is 2. The molecule has 4 heterocycles. The van der Waals surface area contributed by atoms with Crippen molar-refractivity contribution >= 4 is 33.6 Å². The van der Waals surface area contributed by atoms with Crippen molar-refractivity contribution in [2.24, 2.45) is 9.98 Å². The molecule has 51 heavy (non-hydrogen) atoms. The Morgan fingerprint density at radius 1 is 0.431 bits per heavy atom. The second kappa shape index (κ2) is 11.1. The van der Waals surface area contributed by atoms with E-state index in [0.29, 0.717) is 0 Å². The van der Waals surface area contributed by atoms with E-state index in [2.05, 4.69) is 125 Å². The van der Waals surface area contributed by atoms with Gasteiger partial charge in [-0.1, -0.05) is 72.8 Å². The van der Waals surface area contributed by atoms with Gasteiger partial charge in [-0.25, -0.2) is 0 Å². The van der Waals surface area contributed by atoms with Gasteiger partial charge in [0.05, 0.1) is 26.6 Å². The number of fused-ring (bicyclic) bond motifs is 10. The van der Waals surface area contributed by atoms with Crippen LogP contribution in [0.15, 0.2) is 132 Å². The summed E-state index contributed by atoms with van der Waals surface area (Å²) >= 11 is 3.65. The zero-order chi connectivity index (χ0) is 34.5. The number of pyridine rings is 2. The van der Waals surface area contributed by atoms with E-state index in [1.807, 2.05) is 48.3 Å².